The maximum absolute atomic E-state index is 5.50. The Morgan fingerprint density at radius 3 is 2.83 bits per heavy atom. The molecule has 0 amide bonds. The summed E-state index contributed by atoms with van der Waals surface area (Å²) in [6.07, 6.45) is 5.30. The zero-order chi connectivity index (χ0) is 8.97. The predicted octanol–water partition coefficient (Wildman–Crippen LogP) is 1.46. The van der Waals surface area contributed by atoms with E-state index in [1.165, 1.54) is 32.2 Å². The molecule has 2 nitrogen and oxygen atoms in total. The number of nitrogens with two attached hydrogens (primary N) is 1. The van der Waals surface area contributed by atoms with Gasteiger partial charge in [0.1, 0.15) is 0 Å². The molecule has 0 saturated carbocycles. The fourth-order valence-electron chi connectivity index (χ4n) is 2.06. The molecule has 2 atom stereocenters. The highest BCUT2D eigenvalue weighted by atomic mass is 15.1. The number of likely N-dealkylation sites (tertiary alicyclic amines) is 1. The third kappa shape index (κ3) is 2.76. The van der Waals surface area contributed by atoms with Crippen molar-refractivity contribution in [2.45, 2.75) is 38.6 Å². The van der Waals surface area contributed by atoms with E-state index in [0.29, 0.717) is 0 Å². The molecule has 0 radical (unpaired) electrons. The smallest absolute Gasteiger partial charge is 0.00665 e. The molecule has 2 unspecified atom stereocenters. The zero-order valence-electron chi connectivity index (χ0n) is 8.42. The third-order valence-corrected chi connectivity index (χ3v) is 3.13. The van der Waals surface area contributed by atoms with Crippen LogP contribution in [0.5, 0.6) is 0 Å². The molecule has 1 saturated heterocycles. The number of hydrogen-bond acceptors (Lipinski definition) is 2. The van der Waals surface area contributed by atoms with Crippen LogP contribution in [-0.2, 0) is 0 Å². The van der Waals surface area contributed by atoms with E-state index in [-0.39, 0.29) is 0 Å². The third-order valence-electron chi connectivity index (χ3n) is 3.13. The molecule has 0 bridgehead atoms. The van der Waals surface area contributed by atoms with Gasteiger partial charge in [0.2, 0.25) is 0 Å². The summed E-state index contributed by atoms with van der Waals surface area (Å²) >= 11 is 0. The van der Waals surface area contributed by atoms with Gasteiger partial charge in [-0.05, 0) is 58.7 Å². The van der Waals surface area contributed by atoms with Crippen molar-refractivity contribution in [1.29, 1.82) is 0 Å². The fourth-order valence-corrected chi connectivity index (χ4v) is 2.06. The lowest BCUT2D eigenvalue weighted by Gasteiger charge is -2.35. The first-order chi connectivity index (χ1) is 5.74. The van der Waals surface area contributed by atoms with E-state index in [1.807, 2.05) is 0 Å². The van der Waals surface area contributed by atoms with Gasteiger partial charge in [0, 0.05) is 6.04 Å². The van der Waals surface area contributed by atoms with Gasteiger partial charge in [0.15, 0.2) is 0 Å². The molecule has 0 aromatic rings. The van der Waals surface area contributed by atoms with Crippen LogP contribution in [0.25, 0.3) is 0 Å². The second-order valence-corrected chi connectivity index (χ2v) is 4.15. The molecular weight excluding hydrogens is 148 g/mol. The Balaban J connectivity index is 2.21. The average molecular weight is 170 g/mol. The van der Waals surface area contributed by atoms with Crippen molar-refractivity contribution in [3.05, 3.63) is 0 Å². The standard InChI is InChI=1S/C10H22N2/c1-9-8-10(4-3-6-11)5-7-12(9)2/h9-10H,3-8,11H2,1-2H3. The molecule has 0 spiro atoms. The van der Waals surface area contributed by atoms with Crippen LogP contribution in [0.3, 0.4) is 0 Å². The zero-order valence-corrected chi connectivity index (χ0v) is 8.42. The maximum Gasteiger partial charge on any atom is 0.00665 e. The lowest BCUT2D eigenvalue weighted by molar-refractivity contribution is 0.148. The Labute approximate surface area is 76.1 Å². The first-order valence-corrected chi connectivity index (χ1v) is 5.14. The molecule has 1 aliphatic heterocycles. The molecule has 0 aliphatic carbocycles. The summed E-state index contributed by atoms with van der Waals surface area (Å²) in [4.78, 5) is 2.46. The van der Waals surface area contributed by atoms with Crippen molar-refractivity contribution in [1.82, 2.24) is 4.90 Å². The van der Waals surface area contributed by atoms with Gasteiger partial charge in [-0.25, -0.2) is 0 Å². The van der Waals surface area contributed by atoms with Crippen molar-refractivity contribution in [2.24, 2.45) is 11.7 Å². The Morgan fingerprint density at radius 2 is 2.25 bits per heavy atom. The molecular formula is C10H22N2. The van der Waals surface area contributed by atoms with Crippen LogP contribution < -0.4 is 5.73 Å². The Morgan fingerprint density at radius 1 is 1.50 bits per heavy atom. The van der Waals surface area contributed by atoms with Crippen molar-refractivity contribution in [2.75, 3.05) is 20.1 Å². The first-order valence-electron chi connectivity index (χ1n) is 5.14. The van der Waals surface area contributed by atoms with E-state index >= 15 is 0 Å². The highest BCUT2D eigenvalue weighted by molar-refractivity contribution is 4.76. The van der Waals surface area contributed by atoms with Gasteiger partial charge in [-0.15, -0.1) is 0 Å². The Bertz CT molecular complexity index is 123. The summed E-state index contributed by atoms with van der Waals surface area (Å²) in [6, 6.07) is 0.779. The highest BCUT2D eigenvalue weighted by Gasteiger charge is 2.21. The minimum atomic E-state index is 0.779. The van der Waals surface area contributed by atoms with E-state index in [0.717, 1.165) is 18.5 Å². The molecule has 0 aromatic heterocycles. The Kier molecular flexibility index (Phi) is 4.02. The van der Waals surface area contributed by atoms with Gasteiger partial charge in [-0.2, -0.15) is 0 Å². The van der Waals surface area contributed by atoms with E-state index in [1.54, 1.807) is 0 Å². The normalized spacial score (nSPS) is 32.2. The highest BCUT2D eigenvalue weighted by Crippen LogP contribution is 2.24. The molecule has 0 aromatic carbocycles. The topological polar surface area (TPSA) is 29.3 Å². The van der Waals surface area contributed by atoms with Crippen LogP contribution in [0.1, 0.15) is 32.6 Å². The minimum Gasteiger partial charge on any atom is -0.330 e. The quantitative estimate of drug-likeness (QED) is 0.694. The minimum absolute atomic E-state index is 0.779. The molecule has 2 N–H and O–H groups in total. The average Bonchev–Trinajstić information content (AvgIpc) is 2.07. The van der Waals surface area contributed by atoms with Gasteiger partial charge < -0.3 is 10.6 Å². The van der Waals surface area contributed by atoms with Gasteiger partial charge in [0.25, 0.3) is 0 Å². The summed E-state index contributed by atoms with van der Waals surface area (Å²) < 4.78 is 0. The van der Waals surface area contributed by atoms with Gasteiger partial charge >= 0.3 is 0 Å². The SMILES string of the molecule is CC1CC(CCCN)CCN1C. The molecule has 1 fully saturated rings. The number of nitrogens with zero attached hydrogens (tertiary/aromatic N) is 1. The molecule has 1 aliphatic rings. The summed E-state index contributed by atoms with van der Waals surface area (Å²) in [5.74, 6) is 0.944. The number of rotatable bonds is 3. The van der Waals surface area contributed by atoms with Crippen LogP contribution in [-0.4, -0.2) is 31.1 Å². The molecule has 72 valence electrons. The maximum atomic E-state index is 5.50. The van der Waals surface area contributed by atoms with Crippen LogP contribution in [0.15, 0.2) is 0 Å². The molecule has 1 heterocycles. The summed E-state index contributed by atoms with van der Waals surface area (Å²) in [7, 11) is 2.23. The predicted molar refractivity (Wildman–Crippen MR) is 53.1 cm³/mol. The van der Waals surface area contributed by atoms with Crippen LogP contribution in [0.2, 0.25) is 0 Å². The first kappa shape index (κ1) is 10.0. The van der Waals surface area contributed by atoms with E-state index in [9.17, 15) is 0 Å². The van der Waals surface area contributed by atoms with Gasteiger partial charge in [-0.1, -0.05) is 0 Å². The summed E-state index contributed by atoms with van der Waals surface area (Å²) in [6.45, 7) is 4.46. The second-order valence-electron chi connectivity index (χ2n) is 4.15. The largest absolute Gasteiger partial charge is 0.330 e. The fraction of sp³-hybridized carbons (Fsp3) is 1.00. The van der Waals surface area contributed by atoms with Gasteiger partial charge in [-0.3, -0.25) is 0 Å². The van der Waals surface area contributed by atoms with Crippen molar-refractivity contribution >= 4 is 0 Å². The summed E-state index contributed by atoms with van der Waals surface area (Å²) in [5, 5.41) is 0. The number of piperidine rings is 1. The number of hydrogen-bond donors (Lipinski definition) is 1. The van der Waals surface area contributed by atoms with Crippen LogP contribution >= 0.6 is 0 Å². The van der Waals surface area contributed by atoms with Crippen molar-refractivity contribution in [3.8, 4) is 0 Å². The van der Waals surface area contributed by atoms with E-state index in [2.05, 4.69) is 18.9 Å². The Hall–Kier alpha value is -0.0800. The lowest BCUT2D eigenvalue weighted by Crippen LogP contribution is -2.37. The monoisotopic (exact) mass is 170 g/mol. The van der Waals surface area contributed by atoms with Gasteiger partial charge in [0.05, 0.1) is 0 Å². The second kappa shape index (κ2) is 4.83. The van der Waals surface area contributed by atoms with E-state index < -0.39 is 0 Å². The molecule has 1 rings (SSSR count). The van der Waals surface area contributed by atoms with Crippen molar-refractivity contribution < 1.29 is 0 Å². The molecule has 12 heavy (non-hydrogen) atoms. The molecule has 2 heteroatoms. The van der Waals surface area contributed by atoms with Crippen molar-refractivity contribution in [3.63, 3.8) is 0 Å². The summed E-state index contributed by atoms with van der Waals surface area (Å²) in [5.41, 5.74) is 5.50. The lowest BCUT2D eigenvalue weighted by atomic mass is 9.88. The van der Waals surface area contributed by atoms with Crippen LogP contribution in [0, 0.1) is 5.92 Å². The van der Waals surface area contributed by atoms with E-state index in [4.69, 9.17) is 5.73 Å². The van der Waals surface area contributed by atoms with Crippen LogP contribution in [0.4, 0.5) is 0 Å².